The van der Waals surface area contributed by atoms with Gasteiger partial charge in [0, 0.05) is 24.0 Å². The van der Waals surface area contributed by atoms with E-state index in [1.54, 1.807) is 19.1 Å². The summed E-state index contributed by atoms with van der Waals surface area (Å²) < 4.78 is 16.5. The molecule has 30 heavy (non-hydrogen) atoms. The van der Waals surface area contributed by atoms with E-state index in [0.29, 0.717) is 43.3 Å². The lowest BCUT2D eigenvalue weighted by Gasteiger charge is -2.09. The second kappa shape index (κ2) is 10.4. The maximum atomic E-state index is 11.5. The molecule has 1 heterocycles. The fourth-order valence-electron chi connectivity index (χ4n) is 3.10. The zero-order valence-corrected chi connectivity index (χ0v) is 17.2. The Balaban J connectivity index is 1.58. The molecule has 0 amide bonds. The standard InChI is InChI=1S/C24H25NO5/c1-3-28-23(27)12-10-18-9-11-21(15-20(18)16-26)29-14-13-22-17(2)30-24(25-22)19-7-5-4-6-8-19/h4-9,11,15-16H,3,10,12-14H2,1-2H3. The summed E-state index contributed by atoms with van der Waals surface area (Å²) in [6.07, 6.45) is 2.06. The predicted octanol–water partition coefficient (Wildman–Crippen LogP) is 4.58. The van der Waals surface area contributed by atoms with Crippen LogP contribution in [0, 0.1) is 6.92 Å². The van der Waals surface area contributed by atoms with Crippen molar-refractivity contribution in [1.29, 1.82) is 0 Å². The summed E-state index contributed by atoms with van der Waals surface area (Å²) in [4.78, 5) is 27.5. The molecular weight excluding hydrogens is 382 g/mol. The highest BCUT2D eigenvalue weighted by Crippen LogP contribution is 2.22. The summed E-state index contributed by atoms with van der Waals surface area (Å²) in [6, 6.07) is 15.1. The molecule has 3 aromatic rings. The molecule has 1 aromatic heterocycles. The number of carbonyl (C=O) groups excluding carboxylic acids is 2. The molecule has 0 saturated heterocycles. The molecule has 0 bridgehead atoms. The number of ether oxygens (including phenoxy) is 2. The van der Waals surface area contributed by atoms with Gasteiger partial charge in [0.1, 0.15) is 17.8 Å². The Morgan fingerprint density at radius 2 is 1.93 bits per heavy atom. The van der Waals surface area contributed by atoms with Gasteiger partial charge in [0.05, 0.1) is 18.9 Å². The average Bonchev–Trinajstić information content (AvgIpc) is 3.14. The van der Waals surface area contributed by atoms with Gasteiger partial charge in [-0.2, -0.15) is 0 Å². The molecule has 0 radical (unpaired) electrons. The maximum Gasteiger partial charge on any atom is 0.306 e. The molecule has 6 heteroatoms. The summed E-state index contributed by atoms with van der Waals surface area (Å²) >= 11 is 0. The molecule has 0 unspecified atom stereocenters. The van der Waals surface area contributed by atoms with Crippen LogP contribution in [0.5, 0.6) is 5.75 Å². The van der Waals surface area contributed by atoms with Gasteiger partial charge in [-0.15, -0.1) is 0 Å². The molecular formula is C24H25NO5. The maximum absolute atomic E-state index is 11.5. The van der Waals surface area contributed by atoms with E-state index in [4.69, 9.17) is 13.9 Å². The first-order valence-electron chi connectivity index (χ1n) is 9.99. The van der Waals surface area contributed by atoms with E-state index in [1.165, 1.54) is 0 Å². The molecule has 0 saturated carbocycles. The number of oxazole rings is 1. The largest absolute Gasteiger partial charge is 0.493 e. The van der Waals surface area contributed by atoms with E-state index >= 15 is 0 Å². The van der Waals surface area contributed by atoms with Crippen molar-refractivity contribution >= 4 is 12.3 Å². The first-order valence-corrected chi connectivity index (χ1v) is 9.99. The highest BCUT2D eigenvalue weighted by atomic mass is 16.5. The van der Waals surface area contributed by atoms with Crippen LogP contribution in [0.1, 0.15) is 40.7 Å². The van der Waals surface area contributed by atoms with Crippen molar-refractivity contribution in [2.24, 2.45) is 0 Å². The lowest BCUT2D eigenvalue weighted by molar-refractivity contribution is -0.143. The van der Waals surface area contributed by atoms with E-state index in [1.807, 2.05) is 43.3 Å². The minimum absolute atomic E-state index is 0.240. The van der Waals surface area contributed by atoms with Gasteiger partial charge >= 0.3 is 5.97 Å². The van der Waals surface area contributed by atoms with Crippen molar-refractivity contribution in [3.63, 3.8) is 0 Å². The molecule has 0 aliphatic rings. The van der Waals surface area contributed by atoms with Crippen LogP contribution in [0.3, 0.4) is 0 Å². The highest BCUT2D eigenvalue weighted by Gasteiger charge is 2.12. The van der Waals surface area contributed by atoms with E-state index in [-0.39, 0.29) is 12.4 Å². The third-order valence-electron chi connectivity index (χ3n) is 4.67. The van der Waals surface area contributed by atoms with Crippen molar-refractivity contribution in [3.8, 4) is 17.2 Å². The number of aromatic nitrogens is 1. The van der Waals surface area contributed by atoms with E-state index in [0.717, 1.165) is 28.9 Å². The molecule has 156 valence electrons. The Bertz CT molecular complexity index is 994. The van der Waals surface area contributed by atoms with Gasteiger partial charge in [-0.3, -0.25) is 9.59 Å². The van der Waals surface area contributed by atoms with Crippen molar-refractivity contribution in [2.75, 3.05) is 13.2 Å². The molecule has 0 N–H and O–H groups in total. The second-order valence-electron chi connectivity index (χ2n) is 6.77. The zero-order chi connectivity index (χ0) is 21.3. The first kappa shape index (κ1) is 21.3. The topological polar surface area (TPSA) is 78.6 Å². The summed E-state index contributed by atoms with van der Waals surface area (Å²) in [7, 11) is 0. The van der Waals surface area contributed by atoms with Gasteiger partial charge < -0.3 is 13.9 Å². The molecule has 2 aromatic carbocycles. The lowest BCUT2D eigenvalue weighted by atomic mass is 10.0. The average molecular weight is 407 g/mol. The number of rotatable bonds is 10. The summed E-state index contributed by atoms with van der Waals surface area (Å²) in [5.41, 5.74) is 3.09. The fourth-order valence-corrected chi connectivity index (χ4v) is 3.10. The number of esters is 1. The van der Waals surface area contributed by atoms with E-state index in [9.17, 15) is 9.59 Å². The SMILES string of the molecule is CCOC(=O)CCc1ccc(OCCc2nc(-c3ccccc3)oc2C)cc1C=O. The van der Waals surface area contributed by atoms with Crippen LogP contribution in [-0.4, -0.2) is 30.5 Å². The minimum atomic E-state index is -0.271. The van der Waals surface area contributed by atoms with Gasteiger partial charge in [0.15, 0.2) is 0 Å². The van der Waals surface area contributed by atoms with Crippen molar-refractivity contribution in [1.82, 2.24) is 4.98 Å². The third kappa shape index (κ3) is 5.56. The van der Waals surface area contributed by atoms with Gasteiger partial charge in [-0.25, -0.2) is 4.98 Å². The second-order valence-corrected chi connectivity index (χ2v) is 6.77. The molecule has 0 spiro atoms. The Labute approximate surface area is 175 Å². The quantitative estimate of drug-likeness (QED) is 0.362. The summed E-state index contributed by atoms with van der Waals surface area (Å²) in [5, 5.41) is 0. The van der Waals surface area contributed by atoms with Crippen molar-refractivity contribution < 1.29 is 23.5 Å². The number of carbonyl (C=O) groups is 2. The van der Waals surface area contributed by atoms with E-state index < -0.39 is 0 Å². The van der Waals surface area contributed by atoms with Crippen LogP contribution in [0.2, 0.25) is 0 Å². The van der Waals surface area contributed by atoms with Crippen LogP contribution in [-0.2, 0) is 22.4 Å². The third-order valence-corrected chi connectivity index (χ3v) is 4.67. The van der Waals surface area contributed by atoms with Crippen LogP contribution in [0.4, 0.5) is 0 Å². The number of hydrogen-bond donors (Lipinski definition) is 0. The van der Waals surface area contributed by atoms with Gasteiger partial charge in [-0.1, -0.05) is 24.3 Å². The minimum Gasteiger partial charge on any atom is -0.493 e. The zero-order valence-electron chi connectivity index (χ0n) is 17.2. The monoisotopic (exact) mass is 407 g/mol. The van der Waals surface area contributed by atoms with Crippen molar-refractivity contribution in [3.05, 3.63) is 71.1 Å². The summed E-state index contributed by atoms with van der Waals surface area (Å²) in [6.45, 7) is 4.41. The Kier molecular flexibility index (Phi) is 7.38. The van der Waals surface area contributed by atoms with Gasteiger partial charge in [0.25, 0.3) is 0 Å². The lowest BCUT2D eigenvalue weighted by Crippen LogP contribution is -2.07. The molecule has 0 aliphatic carbocycles. The molecule has 0 aliphatic heterocycles. The van der Waals surface area contributed by atoms with Crippen LogP contribution >= 0.6 is 0 Å². The number of aryl methyl sites for hydroxylation is 2. The Morgan fingerprint density at radius 3 is 2.67 bits per heavy atom. The predicted molar refractivity (Wildman–Crippen MR) is 113 cm³/mol. The van der Waals surface area contributed by atoms with Crippen LogP contribution in [0.15, 0.2) is 52.9 Å². The number of hydrogen-bond acceptors (Lipinski definition) is 6. The van der Waals surface area contributed by atoms with Crippen molar-refractivity contribution in [2.45, 2.75) is 33.1 Å². The molecule has 6 nitrogen and oxygen atoms in total. The molecule has 0 atom stereocenters. The fraction of sp³-hybridized carbons (Fsp3) is 0.292. The van der Waals surface area contributed by atoms with Crippen LogP contribution < -0.4 is 4.74 Å². The van der Waals surface area contributed by atoms with Gasteiger partial charge in [-0.05, 0) is 50.1 Å². The Morgan fingerprint density at radius 1 is 1.13 bits per heavy atom. The number of nitrogens with zero attached hydrogens (tertiary/aromatic N) is 1. The van der Waals surface area contributed by atoms with Crippen LogP contribution in [0.25, 0.3) is 11.5 Å². The van der Waals surface area contributed by atoms with Gasteiger partial charge in [0.2, 0.25) is 5.89 Å². The first-order chi connectivity index (χ1) is 14.6. The number of aldehydes is 1. The highest BCUT2D eigenvalue weighted by molar-refractivity contribution is 5.79. The normalized spacial score (nSPS) is 10.6. The number of benzene rings is 2. The molecule has 3 rings (SSSR count). The van der Waals surface area contributed by atoms with E-state index in [2.05, 4.69) is 4.98 Å². The molecule has 0 fully saturated rings. The Hall–Kier alpha value is -3.41. The summed E-state index contributed by atoms with van der Waals surface area (Å²) in [5.74, 6) is 1.69. The smallest absolute Gasteiger partial charge is 0.306 e.